The van der Waals surface area contributed by atoms with Gasteiger partial charge in [-0.25, -0.2) is 4.79 Å². The van der Waals surface area contributed by atoms with E-state index in [1.54, 1.807) is 4.90 Å². The minimum absolute atomic E-state index is 0.0755. The van der Waals surface area contributed by atoms with E-state index in [9.17, 15) is 24.0 Å². The topological polar surface area (TPSA) is 151 Å². The van der Waals surface area contributed by atoms with Crippen LogP contribution in [-0.2, 0) is 19.2 Å². The lowest BCUT2D eigenvalue weighted by atomic mass is 9.80. The number of rotatable bonds is 8. The molecule has 1 heterocycles. The molecule has 0 aromatic carbocycles. The van der Waals surface area contributed by atoms with Gasteiger partial charge >= 0.3 is 6.03 Å². The highest BCUT2D eigenvalue weighted by molar-refractivity contribution is 6.37. The van der Waals surface area contributed by atoms with Crippen molar-refractivity contribution in [1.82, 2.24) is 20.9 Å². The Bertz CT molecular complexity index is 959. The first-order chi connectivity index (χ1) is 16.8. The summed E-state index contributed by atoms with van der Waals surface area (Å²) in [4.78, 5) is 66.1. The molecule has 0 spiro atoms. The van der Waals surface area contributed by atoms with Gasteiger partial charge in [-0.3, -0.25) is 19.2 Å². The molecule has 0 radical (unpaired) electrons. The predicted molar refractivity (Wildman–Crippen MR) is 139 cm³/mol. The summed E-state index contributed by atoms with van der Waals surface area (Å²) in [5, 5.41) is 8.44. The van der Waals surface area contributed by atoms with Crippen LogP contribution in [0.3, 0.4) is 0 Å². The quantitative estimate of drug-likeness (QED) is 0.360. The summed E-state index contributed by atoms with van der Waals surface area (Å²) in [6.45, 7) is 15.7. The number of piperidine rings is 1. The van der Waals surface area contributed by atoms with Gasteiger partial charge in [-0.15, -0.1) is 0 Å². The Morgan fingerprint density at radius 3 is 2.05 bits per heavy atom. The highest BCUT2D eigenvalue weighted by atomic mass is 16.2. The molecule has 1 saturated heterocycles. The highest BCUT2D eigenvalue weighted by Gasteiger charge is 2.70. The molecule has 2 aliphatic carbocycles. The molecule has 0 aromatic rings. The Balaban J connectivity index is 1.83. The number of carbonyl (C=O) groups is 5. The lowest BCUT2D eigenvalue weighted by Crippen LogP contribution is -2.62. The van der Waals surface area contributed by atoms with Gasteiger partial charge in [0.15, 0.2) is 0 Å². The molecule has 3 unspecified atom stereocenters. The van der Waals surface area contributed by atoms with Crippen molar-refractivity contribution in [2.75, 3.05) is 6.54 Å². The number of urea groups is 1. The zero-order valence-corrected chi connectivity index (χ0v) is 23.6. The summed E-state index contributed by atoms with van der Waals surface area (Å²) < 4.78 is 0. The first kappa shape index (κ1) is 28.9. The summed E-state index contributed by atoms with van der Waals surface area (Å²) in [6, 6.07) is -3.13. The van der Waals surface area contributed by atoms with E-state index in [-0.39, 0.29) is 29.1 Å². The number of ketones is 1. The van der Waals surface area contributed by atoms with E-state index in [1.165, 1.54) is 0 Å². The third-order valence-corrected chi connectivity index (χ3v) is 8.31. The summed E-state index contributed by atoms with van der Waals surface area (Å²) in [5.74, 6) is -2.35. The van der Waals surface area contributed by atoms with E-state index >= 15 is 0 Å². The van der Waals surface area contributed by atoms with E-state index in [0.29, 0.717) is 13.0 Å². The average Bonchev–Trinajstić information content (AvgIpc) is 3.06. The standard InChI is InChI=1S/C27H45N5O5/c1-25(2,3)20(30-24(37)31-26(4,5)6)23(36)32-13-15-17(27(15,7)8)18(32)22(35)29-16(19(33)21(28)34)12-14-10-9-11-14/h14-18,20H,9-13H2,1-8H3,(H2,28,34)(H,29,35)(H2,30,31,37)/t15-,16?,17-,18?,20?/m0/s1. The van der Waals surface area contributed by atoms with Crippen molar-refractivity contribution in [3.63, 3.8) is 0 Å². The highest BCUT2D eigenvalue weighted by Crippen LogP contribution is 2.65. The van der Waals surface area contributed by atoms with E-state index in [0.717, 1.165) is 19.3 Å². The number of hydrogen-bond acceptors (Lipinski definition) is 5. The average molecular weight is 520 g/mol. The number of nitrogens with zero attached hydrogens (tertiary/aromatic N) is 1. The Morgan fingerprint density at radius 1 is 1.00 bits per heavy atom. The molecule has 3 aliphatic rings. The van der Waals surface area contributed by atoms with Crippen molar-refractivity contribution >= 4 is 29.5 Å². The number of Topliss-reactive ketones (excluding diaryl/α,β-unsaturated/α-hetero) is 1. The Morgan fingerprint density at radius 2 is 1.59 bits per heavy atom. The molecule has 3 rings (SSSR count). The molecule has 10 heteroatoms. The number of fused-ring (bicyclic) bond motifs is 1. The normalized spacial score (nSPS) is 26.3. The van der Waals surface area contributed by atoms with Gasteiger partial charge in [0, 0.05) is 12.1 Å². The first-order valence-corrected chi connectivity index (χ1v) is 13.4. The summed E-state index contributed by atoms with van der Waals surface area (Å²) >= 11 is 0. The molecule has 10 nitrogen and oxygen atoms in total. The molecular formula is C27H45N5O5. The maximum Gasteiger partial charge on any atom is 0.315 e. The third-order valence-electron chi connectivity index (χ3n) is 8.31. The second kappa shape index (κ2) is 9.91. The van der Waals surface area contributed by atoms with Crippen molar-refractivity contribution in [2.24, 2.45) is 34.3 Å². The van der Waals surface area contributed by atoms with Crippen LogP contribution in [0.25, 0.3) is 0 Å². The zero-order chi connectivity index (χ0) is 28.1. The van der Waals surface area contributed by atoms with E-state index in [1.807, 2.05) is 41.5 Å². The van der Waals surface area contributed by atoms with Crippen molar-refractivity contribution in [1.29, 1.82) is 0 Å². The van der Waals surface area contributed by atoms with Crippen LogP contribution in [-0.4, -0.2) is 64.6 Å². The number of likely N-dealkylation sites (tertiary alicyclic amines) is 1. The molecule has 5 amide bonds. The summed E-state index contributed by atoms with van der Waals surface area (Å²) in [7, 11) is 0. The van der Waals surface area contributed by atoms with Crippen molar-refractivity contribution in [3.05, 3.63) is 0 Å². The monoisotopic (exact) mass is 519 g/mol. The van der Waals surface area contributed by atoms with Gasteiger partial charge < -0.3 is 26.6 Å². The molecule has 0 aromatic heterocycles. The number of amides is 5. The third kappa shape index (κ3) is 6.26. The first-order valence-electron chi connectivity index (χ1n) is 13.4. The van der Waals surface area contributed by atoms with Gasteiger partial charge in [0.2, 0.25) is 17.6 Å². The lowest BCUT2D eigenvalue weighted by Gasteiger charge is -2.38. The van der Waals surface area contributed by atoms with E-state index in [2.05, 4.69) is 29.8 Å². The molecule has 5 N–H and O–H groups in total. The van der Waals surface area contributed by atoms with Gasteiger partial charge in [0.1, 0.15) is 12.1 Å². The Hall–Kier alpha value is -2.65. The summed E-state index contributed by atoms with van der Waals surface area (Å²) in [5.41, 5.74) is 4.04. The molecule has 0 bridgehead atoms. The molecule has 5 atom stereocenters. The fraction of sp³-hybridized carbons (Fsp3) is 0.815. The van der Waals surface area contributed by atoms with Gasteiger partial charge in [0.25, 0.3) is 5.91 Å². The maximum atomic E-state index is 13.9. The lowest BCUT2D eigenvalue weighted by molar-refractivity contribution is -0.145. The zero-order valence-electron chi connectivity index (χ0n) is 23.6. The molecule has 1 aliphatic heterocycles. The van der Waals surface area contributed by atoms with Crippen LogP contribution in [0.4, 0.5) is 4.79 Å². The van der Waals surface area contributed by atoms with Gasteiger partial charge in [0.05, 0.1) is 6.04 Å². The van der Waals surface area contributed by atoms with Crippen LogP contribution in [0.1, 0.15) is 81.1 Å². The second-order valence-corrected chi connectivity index (χ2v) is 13.9. The second-order valence-electron chi connectivity index (χ2n) is 13.9. The maximum absolute atomic E-state index is 13.9. The molecule has 37 heavy (non-hydrogen) atoms. The van der Waals surface area contributed by atoms with Crippen LogP contribution in [0.15, 0.2) is 0 Å². The Kier molecular flexibility index (Phi) is 7.74. The van der Waals surface area contributed by atoms with Gasteiger partial charge in [-0.05, 0) is 55.8 Å². The van der Waals surface area contributed by atoms with Crippen molar-refractivity contribution in [2.45, 2.75) is 105 Å². The van der Waals surface area contributed by atoms with Crippen LogP contribution in [0.5, 0.6) is 0 Å². The minimum Gasteiger partial charge on any atom is -0.363 e. The number of carbonyl (C=O) groups excluding carboxylic acids is 5. The van der Waals surface area contributed by atoms with Gasteiger partial charge in [-0.1, -0.05) is 53.9 Å². The molecule has 208 valence electrons. The summed E-state index contributed by atoms with van der Waals surface area (Å²) in [6.07, 6.45) is 3.31. The molecular weight excluding hydrogens is 474 g/mol. The number of nitrogens with two attached hydrogens (primary N) is 1. The SMILES string of the molecule is CC(C)(C)NC(=O)NC(C(=O)N1C[C@H]2[C@@H](C1C(=O)NC(CC1CCC1)C(=O)C(N)=O)C2(C)C)C(C)(C)C. The van der Waals surface area contributed by atoms with Crippen LogP contribution >= 0.6 is 0 Å². The fourth-order valence-corrected chi connectivity index (χ4v) is 5.86. The van der Waals surface area contributed by atoms with E-state index < -0.39 is 52.7 Å². The fourth-order valence-electron chi connectivity index (χ4n) is 5.86. The van der Waals surface area contributed by atoms with Crippen LogP contribution < -0.4 is 21.7 Å². The number of nitrogens with one attached hydrogen (secondary N) is 3. The number of primary amides is 1. The Labute approximate surface area is 220 Å². The largest absolute Gasteiger partial charge is 0.363 e. The smallest absolute Gasteiger partial charge is 0.315 e. The minimum atomic E-state index is -1.07. The van der Waals surface area contributed by atoms with Crippen molar-refractivity contribution in [3.8, 4) is 0 Å². The molecule has 2 saturated carbocycles. The van der Waals surface area contributed by atoms with Gasteiger partial charge in [-0.2, -0.15) is 0 Å². The van der Waals surface area contributed by atoms with Crippen molar-refractivity contribution < 1.29 is 24.0 Å². The molecule has 3 fully saturated rings. The predicted octanol–water partition coefficient (Wildman–Crippen LogP) is 1.71. The number of hydrogen-bond donors (Lipinski definition) is 4. The van der Waals surface area contributed by atoms with E-state index in [4.69, 9.17) is 5.73 Å². The van der Waals surface area contributed by atoms with Crippen LogP contribution in [0.2, 0.25) is 0 Å². The van der Waals surface area contributed by atoms with Crippen LogP contribution in [0, 0.1) is 28.6 Å².